The van der Waals surface area contributed by atoms with E-state index in [4.69, 9.17) is 9.72 Å². The number of aromatic nitrogens is 5. The van der Waals surface area contributed by atoms with Crippen molar-refractivity contribution in [1.82, 2.24) is 29.6 Å². The van der Waals surface area contributed by atoms with Crippen molar-refractivity contribution < 1.29 is 9.53 Å². The summed E-state index contributed by atoms with van der Waals surface area (Å²) in [6.45, 7) is 6.22. The summed E-state index contributed by atoms with van der Waals surface area (Å²) in [7, 11) is 1.70. The summed E-state index contributed by atoms with van der Waals surface area (Å²) in [4.78, 5) is 24.1. The fraction of sp³-hybridized carbons (Fsp3) is 0.545. The largest absolute Gasteiger partial charge is 0.383 e. The average Bonchev–Trinajstić information content (AvgIpc) is 3.34. The van der Waals surface area contributed by atoms with Crippen LogP contribution in [0.1, 0.15) is 55.5 Å². The summed E-state index contributed by atoms with van der Waals surface area (Å²) < 4.78 is 7.50. The minimum Gasteiger partial charge on any atom is -0.383 e. The quantitative estimate of drug-likeness (QED) is 0.617. The van der Waals surface area contributed by atoms with E-state index < -0.39 is 0 Å². The molecule has 1 amide bonds. The van der Waals surface area contributed by atoms with Crippen LogP contribution in [0.25, 0.3) is 11.2 Å². The van der Waals surface area contributed by atoms with Gasteiger partial charge < -0.3 is 14.2 Å². The van der Waals surface area contributed by atoms with Crippen LogP contribution in [0.3, 0.4) is 0 Å². The summed E-state index contributed by atoms with van der Waals surface area (Å²) in [6.07, 6.45) is 5.54. The molecule has 1 aliphatic heterocycles. The van der Waals surface area contributed by atoms with Crippen LogP contribution in [-0.4, -0.2) is 55.8 Å². The Labute approximate surface area is 176 Å². The number of ether oxygens (including phenoxy) is 1. The lowest BCUT2D eigenvalue weighted by atomic mass is 10.0. The Hall–Kier alpha value is -2.74. The van der Waals surface area contributed by atoms with Crippen molar-refractivity contribution in [2.75, 3.05) is 20.3 Å². The van der Waals surface area contributed by atoms with Gasteiger partial charge in [-0.2, -0.15) is 5.10 Å². The number of pyridine rings is 1. The van der Waals surface area contributed by atoms with E-state index in [-0.39, 0.29) is 11.9 Å². The number of imidazole rings is 1. The maximum absolute atomic E-state index is 12.8. The summed E-state index contributed by atoms with van der Waals surface area (Å²) in [5.74, 6) is 1.17. The Morgan fingerprint density at radius 3 is 3.07 bits per heavy atom. The highest BCUT2D eigenvalue weighted by Crippen LogP contribution is 2.23. The van der Waals surface area contributed by atoms with Crippen molar-refractivity contribution in [2.45, 2.75) is 58.5 Å². The van der Waals surface area contributed by atoms with Gasteiger partial charge >= 0.3 is 0 Å². The van der Waals surface area contributed by atoms with Gasteiger partial charge in [0.05, 0.1) is 18.3 Å². The van der Waals surface area contributed by atoms with Crippen LogP contribution in [0, 0.1) is 0 Å². The molecule has 3 aromatic rings. The Balaban J connectivity index is 1.41. The molecule has 0 bridgehead atoms. The molecule has 0 fully saturated rings. The van der Waals surface area contributed by atoms with Crippen molar-refractivity contribution in [1.29, 1.82) is 0 Å². The molecule has 0 unspecified atom stereocenters. The molecule has 30 heavy (non-hydrogen) atoms. The van der Waals surface area contributed by atoms with E-state index in [0.29, 0.717) is 19.6 Å². The van der Waals surface area contributed by atoms with Crippen LogP contribution in [0.5, 0.6) is 0 Å². The van der Waals surface area contributed by atoms with Gasteiger partial charge in [-0.05, 0) is 31.9 Å². The Kier molecular flexibility index (Phi) is 6.13. The lowest BCUT2D eigenvalue weighted by Crippen LogP contribution is -2.36. The number of nitrogens with one attached hydrogen (secondary N) is 1. The van der Waals surface area contributed by atoms with E-state index in [0.717, 1.165) is 54.9 Å². The zero-order chi connectivity index (χ0) is 21.1. The second-order valence-corrected chi connectivity index (χ2v) is 7.95. The van der Waals surface area contributed by atoms with Crippen molar-refractivity contribution in [2.24, 2.45) is 0 Å². The number of methoxy groups -OCH3 is 1. The molecule has 8 nitrogen and oxygen atoms in total. The van der Waals surface area contributed by atoms with Gasteiger partial charge in [-0.3, -0.25) is 9.89 Å². The molecule has 1 atom stereocenters. The Morgan fingerprint density at radius 1 is 1.40 bits per heavy atom. The number of carbonyl (C=O) groups excluding carboxylic acids is 1. The SMILES string of the molecule is CCc1n[nH]c2c1CN(C(=O)CCCc1nc3cccnc3n1[C@H](C)COC)CC2. The van der Waals surface area contributed by atoms with Gasteiger partial charge in [0.2, 0.25) is 5.91 Å². The maximum Gasteiger partial charge on any atom is 0.222 e. The number of hydrogen-bond acceptors (Lipinski definition) is 5. The third kappa shape index (κ3) is 3.96. The first-order valence-electron chi connectivity index (χ1n) is 10.8. The number of carbonyl (C=O) groups is 1. The molecule has 4 heterocycles. The number of aromatic amines is 1. The van der Waals surface area contributed by atoms with Gasteiger partial charge in [0, 0.05) is 56.9 Å². The zero-order valence-electron chi connectivity index (χ0n) is 18.0. The summed E-state index contributed by atoms with van der Waals surface area (Å²) in [5, 5.41) is 7.51. The molecule has 0 spiro atoms. The normalized spacial score (nSPS) is 14.8. The summed E-state index contributed by atoms with van der Waals surface area (Å²) in [5.41, 5.74) is 5.23. The monoisotopic (exact) mass is 410 g/mol. The van der Waals surface area contributed by atoms with Gasteiger partial charge in [0.1, 0.15) is 11.3 Å². The van der Waals surface area contributed by atoms with E-state index in [9.17, 15) is 4.79 Å². The number of H-pyrrole nitrogens is 1. The third-order valence-corrected chi connectivity index (χ3v) is 5.87. The lowest BCUT2D eigenvalue weighted by Gasteiger charge is -2.27. The number of nitrogens with zero attached hydrogens (tertiary/aromatic N) is 5. The maximum atomic E-state index is 12.8. The van der Waals surface area contributed by atoms with Gasteiger partial charge in [-0.15, -0.1) is 0 Å². The first-order valence-corrected chi connectivity index (χ1v) is 10.8. The smallest absolute Gasteiger partial charge is 0.222 e. The molecule has 0 aromatic carbocycles. The third-order valence-electron chi connectivity index (χ3n) is 5.87. The highest BCUT2D eigenvalue weighted by molar-refractivity contribution is 5.76. The van der Waals surface area contributed by atoms with Crippen LogP contribution in [-0.2, 0) is 35.3 Å². The molecule has 1 N–H and O–H groups in total. The topological polar surface area (TPSA) is 88.9 Å². The van der Waals surface area contributed by atoms with Gasteiger partial charge in [-0.25, -0.2) is 9.97 Å². The van der Waals surface area contributed by atoms with Crippen LogP contribution in [0.15, 0.2) is 18.3 Å². The van der Waals surface area contributed by atoms with Gasteiger partial charge in [-0.1, -0.05) is 6.92 Å². The average molecular weight is 411 g/mol. The fourth-order valence-corrected chi connectivity index (χ4v) is 4.35. The number of amides is 1. The minimum absolute atomic E-state index is 0.134. The molecule has 3 aromatic heterocycles. The van der Waals surface area contributed by atoms with E-state index >= 15 is 0 Å². The van der Waals surface area contributed by atoms with E-state index in [1.807, 2.05) is 17.0 Å². The molecule has 1 aliphatic rings. The van der Waals surface area contributed by atoms with E-state index in [2.05, 4.69) is 33.6 Å². The van der Waals surface area contributed by atoms with Crippen LogP contribution in [0.4, 0.5) is 0 Å². The first-order chi connectivity index (χ1) is 14.6. The molecular weight excluding hydrogens is 380 g/mol. The van der Waals surface area contributed by atoms with Crippen molar-refractivity contribution in [3.05, 3.63) is 41.1 Å². The highest BCUT2D eigenvalue weighted by atomic mass is 16.5. The second-order valence-electron chi connectivity index (χ2n) is 7.95. The Morgan fingerprint density at radius 2 is 2.27 bits per heavy atom. The Bertz CT molecular complexity index is 1010. The highest BCUT2D eigenvalue weighted by Gasteiger charge is 2.24. The molecule has 160 valence electrons. The lowest BCUT2D eigenvalue weighted by molar-refractivity contribution is -0.132. The number of rotatable bonds is 8. The van der Waals surface area contributed by atoms with Crippen molar-refractivity contribution in [3.63, 3.8) is 0 Å². The van der Waals surface area contributed by atoms with Gasteiger partial charge in [0.15, 0.2) is 5.65 Å². The molecule has 0 aliphatic carbocycles. The minimum atomic E-state index is 0.134. The standard InChI is InChI=1S/C22H30N6O2/c1-4-17-16-13-27(12-10-18(16)26-25-17)21(29)9-5-8-20-24-19-7-6-11-23-22(19)28(20)15(2)14-30-3/h6-7,11,15H,4-5,8-10,12-14H2,1-3H3,(H,25,26)/t15-/m1/s1. The first kappa shape index (κ1) is 20.5. The molecular formula is C22H30N6O2. The van der Waals surface area contributed by atoms with Crippen molar-refractivity contribution >= 4 is 17.1 Å². The van der Waals surface area contributed by atoms with E-state index in [1.54, 1.807) is 13.3 Å². The molecule has 4 rings (SSSR count). The van der Waals surface area contributed by atoms with Crippen LogP contribution < -0.4 is 0 Å². The molecule has 8 heteroatoms. The molecule has 0 radical (unpaired) electrons. The second kappa shape index (κ2) is 8.95. The molecule has 0 saturated heterocycles. The fourth-order valence-electron chi connectivity index (χ4n) is 4.35. The predicted octanol–water partition coefficient (Wildman–Crippen LogP) is 2.83. The van der Waals surface area contributed by atoms with Crippen LogP contribution in [0.2, 0.25) is 0 Å². The predicted molar refractivity (Wildman–Crippen MR) is 114 cm³/mol. The summed E-state index contributed by atoms with van der Waals surface area (Å²) in [6, 6.07) is 4.02. The van der Waals surface area contributed by atoms with Crippen molar-refractivity contribution in [3.8, 4) is 0 Å². The number of aryl methyl sites for hydroxylation is 2. The van der Waals surface area contributed by atoms with E-state index in [1.165, 1.54) is 11.3 Å². The van der Waals surface area contributed by atoms with Crippen LogP contribution >= 0.6 is 0 Å². The molecule has 0 saturated carbocycles. The number of hydrogen-bond donors (Lipinski definition) is 1. The summed E-state index contributed by atoms with van der Waals surface area (Å²) >= 11 is 0. The van der Waals surface area contributed by atoms with Gasteiger partial charge in [0.25, 0.3) is 0 Å². The zero-order valence-corrected chi connectivity index (χ0v) is 18.0. The number of fused-ring (bicyclic) bond motifs is 2.